The number of nitrogens with zero attached hydrogens (tertiary/aromatic N) is 2. The van der Waals surface area contributed by atoms with E-state index < -0.39 is 0 Å². The first kappa shape index (κ1) is 18.9. The van der Waals surface area contributed by atoms with Gasteiger partial charge in [0.05, 0.1) is 23.0 Å². The highest BCUT2D eigenvalue weighted by atomic mass is 16.5. The van der Waals surface area contributed by atoms with Crippen molar-refractivity contribution < 1.29 is 9.53 Å². The van der Waals surface area contributed by atoms with Gasteiger partial charge in [-0.05, 0) is 50.2 Å². The lowest BCUT2D eigenvalue weighted by Gasteiger charge is -2.15. The largest absolute Gasteiger partial charge is 0.489 e. The van der Waals surface area contributed by atoms with Crippen LogP contribution in [0.4, 0.5) is 17.1 Å². The first-order valence-corrected chi connectivity index (χ1v) is 8.86. The van der Waals surface area contributed by atoms with Crippen molar-refractivity contribution in [1.82, 2.24) is 4.98 Å². The fraction of sp³-hybridized carbons (Fsp3) is 0.136. The number of amides is 1. The van der Waals surface area contributed by atoms with E-state index >= 15 is 0 Å². The Morgan fingerprint density at radius 3 is 2.54 bits per heavy atom. The van der Waals surface area contributed by atoms with Crippen LogP contribution in [0, 0.1) is 11.3 Å². The van der Waals surface area contributed by atoms with E-state index in [9.17, 15) is 10.1 Å². The zero-order chi connectivity index (χ0) is 19.9. The number of hydrogen-bond donors (Lipinski definition) is 2. The first-order chi connectivity index (χ1) is 13.6. The Morgan fingerprint density at radius 2 is 1.79 bits per heavy atom. The number of carbonyl (C=O) groups is 1. The van der Waals surface area contributed by atoms with Crippen LogP contribution < -0.4 is 15.4 Å². The molecule has 3 aromatic rings. The van der Waals surface area contributed by atoms with Crippen molar-refractivity contribution in [2.75, 3.05) is 10.6 Å². The van der Waals surface area contributed by atoms with Gasteiger partial charge >= 0.3 is 0 Å². The van der Waals surface area contributed by atoms with Gasteiger partial charge in [0.2, 0.25) is 0 Å². The number of anilines is 3. The van der Waals surface area contributed by atoms with Gasteiger partial charge in [0.1, 0.15) is 17.5 Å². The van der Waals surface area contributed by atoms with Crippen LogP contribution in [0.3, 0.4) is 0 Å². The molecule has 1 heterocycles. The maximum absolute atomic E-state index is 12.7. The van der Waals surface area contributed by atoms with Crippen LogP contribution in [0.1, 0.15) is 29.9 Å². The third-order valence-corrected chi connectivity index (χ3v) is 3.82. The quantitative estimate of drug-likeness (QED) is 0.653. The van der Waals surface area contributed by atoms with Crippen molar-refractivity contribution in [2.24, 2.45) is 0 Å². The van der Waals surface area contributed by atoms with Gasteiger partial charge in [0.15, 0.2) is 0 Å². The average molecular weight is 372 g/mol. The van der Waals surface area contributed by atoms with Gasteiger partial charge in [-0.15, -0.1) is 0 Å². The van der Waals surface area contributed by atoms with Crippen molar-refractivity contribution in [1.29, 1.82) is 5.26 Å². The number of nitrogens with one attached hydrogen (secondary N) is 2. The van der Waals surface area contributed by atoms with Gasteiger partial charge < -0.3 is 15.4 Å². The Morgan fingerprint density at radius 1 is 1.07 bits per heavy atom. The number of nitriles is 1. The van der Waals surface area contributed by atoms with E-state index in [-0.39, 0.29) is 17.7 Å². The van der Waals surface area contributed by atoms with E-state index in [0.29, 0.717) is 28.4 Å². The molecule has 6 nitrogen and oxygen atoms in total. The SMILES string of the molecule is CC(C)Oc1ccccc1NC(=O)c1cc(Nc2ccccc2C#N)ccn1. The minimum atomic E-state index is -0.350. The molecule has 2 N–H and O–H groups in total. The predicted octanol–water partition coefficient (Wildman–Crippen LogP) is 4.74. The van der Waals surface area contributed by atoms with Gasteiger partial charge in [-0.2, -0.15) is 5.26 Å². The summed E-state index contributed by atoms with van der Waals surface area (Å²) >= 11 is 0. The van der Waals surface area contributed by atoms with E-state index in [1.165, 1.54) is 0 Å². The molecule has 0 saturated carbocycles. The van der Waals surface area contributed by atoms with Gasteiger partial charge in [-0.3, -0.25) is 9.78 Å². The summed E-state index contributed by atoms with van der Waals surface area (Å²) < 4.78 is 5.73. The number of para-hydroxylation sites is 3. The molecular weight excluding hydrogens is 352 g/mol. The summed E-state index contributed by atoms with van der Waals surface area (Å²) in [5, 5.41) is 15.2. The molecule has 0 bridgehead atoms. The Labute approximate surface area is 163 Å². The van der Waals surface area contributed by atoms with Crippen LogP contribution >= 0.6 is 0 Å². The Hall–Kier alpha value is -3.85. The Kier molecular flexibility index (Phi) is 5.87. The fourth-order valence-corrected chi connectivity index (χ4v) is 2.59. The molecule has 0 saturated heterocycles. The molecule has 0 aliphatic carbocycles. The molecule has 0 fully saturated rings. The highest BCUT2D eigenvalue weighted by molar-refractivity contribution is 6.04. The van der Waals surface area contributed by atoms with Crippen LogP contribution in [0.25, 0.3) is 0 Å². The van der Waals surface area contributed by atoms with Crippen molar-refractivity contribution in [2.45, 2.75) is 20.0 Å². The summed E-state index contributed by atoms with van der Waals surface area (Å²) in [6.45, 7) is 3.85. The number of hydrogen-bond acceptors (Lipinski definition) is 5. The van der Waals surface area contributed by atoms with Gasteiger partial charge in [0, 0.05) is 11.9 Å². The lowest BCUT2D eigenvalue weighted by molar-refractivity contribution is 0.102. The molecule has 140 valence electrons. The molecule has 6 heteroatoms. The molecule has 28 heavy (non-hydrogen) atoms. The Balaban J connectivity index is 1.79. The van der Waals surface area contributed by atoms with Gasteiger partial charge in [-0.25, -0.2) is 0 Å². The second kappa shape index (κ2) is 8.69. The van der Waals surface area contributed by atoms with E-state index in [2.05, 4.69) is 21.7 Å². The number of rotatable bonds is 6. The number of ether oxygens (including phenoxy) is 1. The van der Waals surface area contributed by atoms with Crippen molar-refractivity contribution in [3.05, 3.63) is 78.1 Å². The van der Waals surface area contributed by atoms with Crippen LogP contribution in [-0.2, 0) is 0 Å². The second-order valence-corrected chi connectivity index (χ2v) is 6.33. The zero-order valence-electron chi connectivity index (χ0n) is 15.6. The molecule has 0 aliphatic rings. The molecule has 0 spiro atoms. The van der Waals surface area contributed by atoms with Crippen LogP contribution in [0.15, 0.2) is 66.9 Å². The van der Waals surface area contributed by atoms with Crippen LogP contribution in [0.2, 0.25) is 0 Å². The third-order valence-electron chi connectivity index (χ3n) is 3.82. The molecule has 1 aromatic heterocycles. The lowest BCUT2D eigenvalue weighted by Crippen LogP contribution is -2.15. The molecule has 0 radical (unpaired) electrons. The fourth-order valence-electron chi connectivity index (χ4n) is 2.59. The van der Waals surface area contributed by atoms with E-state index in [0.717, 1.165) is 0 Å². The number of aromatic nitrogens is 1. The summed E-state index contributed by atoms with van der Waals surface area (Å²) in [7, 11) is 0. The normalized spacial score (nSPS) is 10.2. The minimum Gasteiger partial charge on any atom is -0.489 e. The summed E-state index contributed by atoms with van der Waals surface area (Å²) in [5.74, 6) is 0.250. The van der Waals surface area contributed by atoms with Gasteiger partial charge in [0.25, 0.3) is 5.91 Å². The number of benzene rings is 2. The highest BCUT2D eigenvalue weighted by Crippen LogP contribution is 2.26. The first-order valence-electron chi connectivity index (χ1n) is 8.86. The number of carbonyl (C=O) groups excluding carboxylic acids is 1. The molecule has 3 rings (SSSR count). The summed E-state index contributed by atoms with van der Waals surface area (Å²) in [5.41, 5.74) is 2.67. The molecule has 2 aromatic carbocycles. The number of pyridine rings is 1. The standard InChI is InChI=1S/C22H20N4O2/c1-15(2)28-21-10-6-5-9-19(21)26-22(27)20-13-17(11-12-24-20)25-18-8-4-3-7-16(18)14-23/h3-13,15H,1-2H3,(H,24,25)(H,26,27). The molecule has 0 unspecified atom stereocenters. The third kappa shape index (κ3) is 4.65. The van der Waals surface area contributed by atoms with Crippen LogP contribution in [0.5, 0.6) is 5.75 Å². The topological polar surface area (TPSA) is 87.0 Å². The highest BCUT2D eigenvalue weighted by Gasteiger charge is 2.13. The summed E-state index contributed by atoms with van der Waals surface area (Å²) in [4.78, 5) is 16.8. The minimum absolute atomic E-state index is 0.0103. The molecular formula is C22H20N4O2. The van der Waals surface area contributed by atoms with Crippen LogP contribution in [-0.4, -0.2) is 17.0 Å². The smallest absolute Gasteiger partial charge is 0.274 e. The lowest BCUT2D eigenvalue weighted by atomic mass is 10.2. The maximum atomic E-state index is 12.7. The monoisotopic (exact) mass is 372 g/mol. The average Bonchev–Trinajstić information content (AvgIpc) is 2.70. The zero-order valence-corrected chi connectivity index (χ0v) is 15.6. The van der Waals surface area contributed by atoms with E-state index in [1.807, 2.05) is 32.0 Å². The van der Waals surface area contributed by atoms with Gasteiger partial charge in [-0.1, -0.05) is 24.3 Å². The molecule has 0 aliphatic heterocycles. The maximum Gasteiger partial charge on any atom is 0.274 e. The van der Waals surface area contributed by atoms with Crippen molar-refractivity contribution in [3.63, 3.8) is 0 Å². The van der Waals surface area contributed by atoms with Crippen molar-refractivity contribution in [3.8, 4) is 11.8 Å². The summed E-state index contributed by atoms with van der Waals surface area (Å²) in [6, 6.07) is 19.9. The molecule has 0 atom stereocenters. The summed E-state index contributed by atoms with van der Waals surface area (Å²) in [6.07, 6.45) is 1.53. The van der Waals surface area contributed by atoms with E-state index in [4.69, 9.17) is 4.74 Å². The predicted molar refractivity (Wildman–Crippen MR) is 109 cm³/mol. The second-order valence-electron chi connectivity index (χ2n) is 6.33. The van der Waals surface area contributed by atoms with E-state index in [1.54, 1.807) is 48.7 Å². The Bertz CT molecular complexity index is 1020. The molecule has 1 amide bonds. The van der Waals surface area contributed by atoms with Crippen molar-refractivity contribution >= 4 is 23.0 Å².